The van der Waals surface area contributed by atoms with Crippen LogP contribution in [-0.4, -0.2) is 58.4 Å². The van der Waals surface area contributed by atoms with E-state index in [1.165, 1.54) is 17.3 Å². The maximum Gasteiger partial charge on any atom is 0.241 e. The number of nitrogens with one attached hydrogen (secondary N) is 1. The lowest BCUT2D eigenvalue weighted by molar-refractivity contribution is -0.121. The highest BCUT2D eigenvalue weighted by Crippen LogP contribution is 2.29. The third-order valence-corrected chi connectivity index (χ3v) is 4.39. The van der Waals surface area contributed by atoms with Crippen LogP contribution >= 0.6 is 0 Å². The minimum atomic E-state index is -0.0734. The number of carbonyl (C=O) groups is 1. The molecule has 1 atom stereocenters. The second-order valence-electron chi connectivity index (χ2n) is 6.30. The Bertz CT molecular complexity index is 720. The first-order valence-corrected chi connectivity index (χ1v) is 8.83. The van der Waals surface area contributed by atoms with E-state index in [0.717, 1.165) is 43.1 Å². The van der Waals surface area contributed by atoms with Crippen molar-refractivity contribution in [3.8, 4) is 11.5 Å². The second kappa shape index (κ2) is 8.66. The Labute approximate surface area is 153 Å². The van der Waals surface area contributed by atoms with Gasteiger partial charge in [0, 0.05) is 31.7 Å². The van der Waals surface area contributed by atoms with Gasteiger partial charge < -0.3 is 14.8 Å². The molecule has 0 bridgehead atoms. The Morgan fingerprint density at radius 3 is 3.08 bits per heavy atom. The molecule has 140 valence electrons. The Kier molecular flexibility index (Phi) is 6.06. The number of ether oxygens (including phenoxy) is 2. The number of benzene rings is 1. The normalized spacial score (nSPS) is 17.1. The molecule has 2 aromatic rings. The van der Waals surface area contributed by atoms with Crippen molar-refractivity contribution < 1.29 is 14.3 Å². The molecule has 0 aliphatic carbocycles. The fraction of sp³-hybridized carbons (Fsp3) is 0.500. The van der Waals surface area contributed by atoms with Crippen LogP contribution in [0.15, 0.2) is 30.9 Å². The molecule has 0 saturated heterocycles. The monoisotopic (exact) mass is 359 g/mol. The Morgan fingerprint density at radius 1 is 1.46 bits per heavy atom. The molecular formula is C18H25N5O3. The van der Waals surface area contributed by atoms with Crippen LogP contribution in [0.4, 0.5) is 0 Å². The summed E-state index contributed by atoms with van der Waals surface area (Å²) in [4.78, 5) is 18.1. The van der Waals surface area contributed by atoms with E-state index in [1.54, 1.807) is 7.11 Å². The summed E-state index contributed by atoms with van der Waals surface area (Å²) >= 11 is 0. The number of methoxy groups -OCH3 is 1. The fourth-order valence-corrected chi connectivity index (χ4v) is 2.99. The van der Waals surface area contributed by atoms with E-state index in [2.05, 4.69) is 27.2 Å². The SMILES string of the molecule is CCC1CN(CCNC(=O)Cn2cncn2)Cc2cc(OC)ccc2O1. The van der Waals surface area contributed by atoms with Gasteiger partial charge in [0.05, 0.1) is 7.11 Å². The quantitative estimate of drug-likeness (QED) is 0.797. The van der Waals surface area contributed by atoms with Gasteiger partial charge in [0.25, 0.3) is 0 Å². The van der Waals surface area contributed by atoms with E-state index in [1.807, 2.05) is 18.2 Å². The van der Waals surface area contributed by atoms with Crippen molar-refractivity contribution in [1.82, 2.24) is 25.0 Å². The van der Waals surface area contributed by atoms with Crippen molar-refractivity contribution in [3.63, 3.8) is 0 Å². The van der Waals surface area contributed by atoms with E-state index in [4.69, 9.17) is 9.47 Å². The molecule has 0 radical (unpaired) electrons. The number of aromatic nitrogens is 3. The molecule has 8 nitrogen and oxygen atoms in total. The molecule has 1 amide bonds. The lowest BCUT2D eigenvalue weighted by atomic mass is 10.2. The zero-order chi connectivity index (χ0) is 18.4. The molecule has 1 aromatic carbocycles. The van der Waals surface area contributed by atoms with Gasteiger partial charge in [-0.2, -0.15) is 5.10 Å². The second-order valence-corrected chi connectivity index (χ2v) is 6.30. The van der Waals surface area contributed by atoms with Gasteiger partial charge in [0.1, 0.15) is 36.8 Å². The lowest BCUT2D eigenvalue weighted by Crippen LogP contribution is -2.39. The first-order chi connectivity index (χ1) is 12.7. The van der Waals surface area contributed by atoms with Crippen molar-refractivity contribution in [2.24, 2.45) is 0 Å². The van der Waals surface area contributed by atoms with Gasteiger partial charge in [0.15, 0.2) is 0 Å². The van der Waals surface area contributed by atoms with Crippen LogP contribution < -0.4 is 14.8 Å². The summed E-state index contributed by atoms with van der Waals surface area (Å²) < 4.78 is 13.0. The molecule has 0 fully saturated rings. The van der Waals surface area contributed by atoms with Crippen LogP contribution in [0.5, 0.6) is 11.5 Å². The summed E-state index contributed by atoms with van der Waals surface area (Å²) in [6.07, 6.45) is 4.01. The van der Waals surface area contributed by atoms with Gasteiger partial charge in [-0.25, -0.2) is 9.67 Å². The smallest absolute Gasteiger partial charge is 0.241 e. The lowest BCUT2D eigenvalue weighted by Gasteiger charge is -2.23. The van der Waals surface area contributed by atoms with Crippen molar-refractivity contribution in [1.29, 1.82) is 0 Å². The highest BCUT2D eigenvalue weighted by atomic mass is 16.5. The molecule has 3 rings (SSSR count). The molecule has 1 aliphatic heterocycles. The van der Waals surface area contributed by atoms with Gasteiger partial charge in [-0.3, -0.25) is 9.69 Å². The summed E-state index contributed by atoms with van der Waals surface area (Å²) in [7, 11) is 1.66. The van der Waals surface area contributed by atoms with E-state index >= 15 is 0 Å². The van der Waals surface area contributed by atoms with Gasteiger partial charge >= 0.3 is 0 Å². The first kappa shape index (κ1) is 18.2. The van der Waals surface area contributed by atoms with Crippen molar-refractivity contribution in [2.45, 2.75) is 32.5 Å². The molecule has 26 heavy (non-hydrogen) atoms. The van der Waals surface area contributed by atoms with Crippen LogP contribution in [0.25, 0.3) is 0 Å². The largest absolute Gasteiger partial charge is 0.497 e. The van der Waals surface area contributed by atoms with E-state index < -0.39 is 0 Å². The topological polar surface area (TPSA) is 81.5 Å². The zero-order valence-corrected chi connectivity index (χ0v) is 15.2. The predicted octanol–water partition coefficient (Wildman–Crippen LogP) is 1.08. The molecule has 0 saturated carbocycles. The molecule has 0 spiro atoms. The molecule has 2 heterocycles. The number of rotatable bonds is 7. The van der Waals surface area contributed by atoms with Crippen molar-refractivity contribution in [2.75, 3.05) is 26.7 Å². The summed E-state index contributed by atoms with van der Waals surface area (Å²) in [6.45, 7) is 5.22. The maximum atomic E-state index is 12.0. The third kappa shape index (κ3) is 4.72. The Hall–Kier alpha value is -2.61. The summed E-state index contributed by atoms with van der Waals surface area (Å²) in [5.74, 6) is 1.66. The molecule has 1 aliphatic rings. The number of hydrogen-bond donors (Lipinski definition) is 1. The summed E-state index contributed by atoms with van der Waals surface area (Å²) in [5, 5.41) is 6.87. The van der Waals surface area contributed by atoms with Gasteiger partial charge in [-0.15, -0.1) is 0 Å². The van der Waals surface area contributed by atoms with Crippen LogP contribution in [-0.2, 0) is 17.9 Å². The standard InChI is InChI=1S/C18H25N5O3/c1-3-15-10-22(7-6-20-18(24)11-23-13-19-12-21-23)9-14-8-16(25-2)4-5-17(14)26-15/h4-5,8,12-13,15H,3,6-7,9-11H2,1-2H3,(H,20,24). The first-order valence-electron chi connectivity index (χ1n) is 8.83. The number of fused-ring (bicyclic) bond motifs is 1. The summed E-state index contributed by atoms with van der Waals surface area (Å²) in [5.41, 5.74) is 1.11. The average Bonchev–Trinajstić information content (AvgIpc) is 3.07. The van der Waals surface area contributed by atoms with E-state index in [0.29, 0.717) is 6.54 Å². The van der Waals surface area contributed by atoms with Crippen LogP contribution in [0.3, 0.4) is 0 Å². The van der Waals surface area contributed by atoms with E-state index in [-0.39, 0.29) is 18.6 Å². The van der Waals surface area contributed by atoms with Gasteiger partial charge in [-0.1, -0.05) is 6.92 Å². The third-order valence-electron chi connectivity index (χ3n) is 4.39. The Morgan fingerprint density at radius 2 is 2.35 bits per heavy atom. The number of nitrogens with zero attached hydrogens (tertiary/aromatic N) is 4. The zero-order valence-electron chi connectivity index (χ0n) is 15.2. The van der Waals surface area contributed by atoms with Crippen LogP contribution in [0, 0.1) is 0 Å². The molecule has 1 N–H and O–H groups in total. The van der Waals surface area contributed by atoms with Gasteiger partial charge in [0.2, 0.25) is 5.91 Å². The molecular weight excluding hydrogens is 334 g/mol. The minimum absolute atomic E-state index is 0.0734. The summed E-state index contributed by atoms with van der Waals surface area (Å²) in [6, 6.07) is 5.91. The van der Waals surface area contributed by atoms with Crippen molar-refractivity contribution in [3.05, 3.63) is 36.4 Å². The fourth-order valence-electron chi connectivity index (χ4n) is 2.99. The van der Waals surface area contributed by atoms with Crippen molar-refractivity contribution >= 4 is 5.91 Å². The van der Waals surface area contributed by atoms with Crippen LogP contribution in [0.2, 0.25) is 0 Å². The highest BCUT2D eigenvalue weighted by Gasteiger charge is 2.22. The molecule has 8 heteroatoms. The molecule has 1 aromatic heterocycles. The maximum absolute atomic E-state index is 12.0. The average molecular weight is 359 g/mol. The number of amides is 1. The number of carbonyl (C=O) groups excluding carboxylic acids is 1. The Balaban J connectivity index is 1.57. The number of hydrogen-bond acceptors (Lipinski definition) is 6. The predicted molar refractivity (Wildman–Crippen MR) is 96.0 cm³/mol. The molecule has 1 unspecified atom stereocenters. The van der Waals surface area contributed by atoms with Gasteiger partial charge in [-0.05, 0) is 24.6 Å². The van der Waals surface area contributed by atoms with Crippen LogP contribution in [0.1, 0.15) is 18.9 Å². The van der Waals surface area contributed by atoms with E-state index in [9.17, 15) is 4.79 Å². The minimum Gasteiger partial charge on any atom is -0.497 e. The highest BCUT2D eigenvalue weighted by molar-refractivity contribution is 5.75.